The lowest BCUT2D eigenvalue weighted by atomic mass is 9.92. The van der Waals surface area contributed by atoms with Crippen molar-refractivity contribution >= 4 is 5.97 Å². The number of carbonyl (C=O) groups is 1. The van der Waals surface area contributed by atoms with Crippen molar-refractivity contribution in [1.82, 2.24) is 0 Å². The van der Waals surface area contributed by atoms with Crippen LogP contribution in [0.15, 0.2) is 0 Å². The minimum absolute atomic E-state index is 0.0969. The predicted octanol–water partition coefficient (Wildman–Crippen LogP) is 0.320. The molecule has 0 aromatic carbocycles. The largest absolute Gasteiger partial charge is 0.465 e. The van der Waals surface area contributed by atoms with Crippen LogP contribution >= 0.6 is 0 Å². The molecule has 0 aromatic heterocycles. The highest BCUT2D eigenvalue weighted by atomic mass is 16.5. The Labute approximate surface area is 65.4 Å². The monoisotopic (exact) mass is 156 g/mol. The highest BCUT2D eigenvalue weighted by Crippen LogP contribution is 2.37. The number of rotatable bonds is 0. The van der Waals surface area contributed by atoms with Crippen LogP contribution in [0.25, 0.3) is 0 Å². The molecule has 62 valence electrons. The van der Waals surface area contributed by atoms with Gasteiger partial charge in [-0.3, -0.25) is 4.79 Å². The molecule has 0 radical (unpaired) electrons. The van der Waals surface area contributed by atoms with Crippen LogP contribution in [-0.2, 0) is 9.53 Å². The zero-order valence-corrected chi connectivity index (χ0v) is 6.32. The Morgan fingerprint density at radius 2 is 2.09 bits per heavy atom. The standard InChI is InChI=1S/C8H12O3/c9-7-1-5-3-8(10)11-4-6(5)2-7/h5-7,9H,1-4H2/t5-,6+,7-/m0/s1. The van der Waals surface area contributed by atoms with E-state index in [1.165, 1.54) is 0 Å². The maximum absolute atomic E-state index is 10.8. The van der Waals surface area contributed by atoms with Gasteiger partial charge in [0.25, 0.3) is 0 Å². The summed E-state index contributed by atoms with van der Waals surface area (Å²) in [5.41, 5.74) is 0. The Morgan fingerprint density at radius 1 is 1.36 bits per heavy atom. The van der Waals surface area contributed by atoms with Crippen LogP contribution in [-0.4, -0.2) is 23.8 Å². The number of aliphatic hydroxyl groups is 1. The maximum Gasteiger partial charge on any atom is 0.306 e. The van der Waals surface area contributed by atoms with E-state index in [4.69, 9.17) is 4.74 Å². The van der Waals surface area contributed by atoms with Gasteiger partial charge in [-0.05, 0) is 24.7 Å². The fourth-order valence-electron chi connectivity index (χ4n) is 2.11. The zero-order valence-electron chi connectivity index (χ0n) is 6.32. The first-order chi connectivity index (χ1) is 5.25. The van der Waals surface area contributed by atoms with Crippen molar-refractivity contribution in [2.45, 2.75) is 25.4 Å². The molecule has 1 aliphatic heterocycles. The van der Waals surface area contributed by atoms with E-state index in [9.17, 15) is 9.90 Å². The van der Waals surface area contributed by atoms with Crippen molar-refractivity contribution in [3.63, 3.8) is 0 Å². The zero-order chi connectivity index (χ0) is 7.84. The van der Waals surface area contributed by atoms with E-state index in [2.05, 4.69) is 0 Å². The highest BCUT2D eigenvalue weighted by molar-refractivity contribution is 5.70. The Kier molecular flexibility index (Phi) is 1.60. The minimum Gasteiger partial charge on any atom is -0.465 e. The SMILES string of the molecule is O=C1C[C@@H]2C[C@H](O)C[C@@H]2CO1. The second kappa shape index (κ2) is 2.48. The fourth-order valence-corrected chi connectivity index (χ4v) is 2.11. The average Bonchev–Trinajstić information content (AvgIpc) is 2.27. The second-order valence-corrected chi connectivity index (χ2v) is 3.53. The Bertz CT molecular complexity index is 178. The number of hydrogen-bond donors (Lipinski definition) is 1. The molecule has 0 amide bonds. The van der Waals surface area contributed by atoms with Gasteiger partial charge in [0.1, 0.15) is 0 Å². The van der Waals surface area contributed by atoms with E-state index in [1.807, 2.05) is 0 Å². The summed E-state index contributed by atoms with van der Waals surface area (Å²) < 4.78 is 4.89. The Hall–Kier alpha value is -0.570. The van der Waals surface area contributed by atoms with Crippen LogP contribution < -0.4 is 0 Å². The van der Waals surface area contributed by atoms with Gasteiger partial charge in [-0.15, -0.1) is 0 Å². The second-order valence-electron chi connectivity index (χ2n) is 3.53. The number of cyclic esters (lactones) is 1. The van der Waals surface area contributed by atoms with Gasteiger partial charge in [-0.1, -0.05) is 0 Å². The molecule has 3 heteroatoms. The van der Waals surface area contributed by atoms with Gasteiger partial charge in [-0.25, -0.2) is 0 Å². The normalized spacial score (nSPS) is 43.4. The molecule has 3 atom stereocenters. The predicted molar refractivity (Wildman–Crippen MR) is 37.8 cm³/mol. The number of fused-ring (bicyclic) bond motifs is 1. The van der Waals surface area contributed by atoms with Gasteiger partial charge in [0.05, 0.1) is 12.7 Å². The lowest BCUT2D eigenvalue weighted by Crippen LogP contribution is -2.26. The van der Waals surface area contributed by atoms with Gasteiger partial charge in [0.2, 0.25) is 0 Å². The van der Waals surface area contributed by atoms with Gasteiger partial charge >= 0.3 is 5.97 Å². The summed E-state index contributed by atoms with van der Waals surface area (Å²) >= 11 is 0. The minimum atomic E-state index is -0.195. The molecule has 11 heavy (non-hydrogen) atoms. The summed E-state index contributed by atoms with van der Waals surface area (Å²) in [6.45, 7) is 0.528. The molecule has 1 saturated carbocycles. The molecule has 0 unspecified atom stereocenters. The van der Waals surface area contributed by atoms with Crippen molar-refractivity contribution in [2.75, 3.05) is 6.61 Å². The molecule has 1 N–H and O–H groups in total. The lowest BCUT2D eigenvalue weighted by Gasteiger charge is -2.23. The van der Waals surface area contributed by atoms with Crippen LogP contribution in [0.4, 0.5) is 0 Å². The molecule has 1 saturated heterocycles. The molecule has 2 fully saturated rings. The molecule has 0 aromatic rings. The van der Waals surface area contributed by atoms with E-state index in [0.717, 1.165) is 12.8 Å². The third-order valence-electron chi connectivity index (χ3n) is 2.70. The number of hydrogen-bond acceptors (Lipinski definition) is 3. The first-order valence-electron chi connectivity index (χ1n) is 4.09. The van der Waals surface area contributed by atoms with Gasteiger partial charge in [0, 0.05) is 6.42 Å². The Balaban J connectivity index is 2.02. The number of carbonyl (C=O) groups excluding carboxylic acids is 1. The Morgan fingerprint density at radius 3 is 2.91 bits per heavy atom. The van der Waals surface area contributed by atoms with E-state index < -0.39 is 0 Å². The molecule has 1 heterocycles. The molecule has 0 spiro atoms. The molecular formula is C8H12O3. The first kappa shape index (κ1) is 7.10. The third kappa shape index (κ3) is 1.25. The fraction of sp³-hybridized carbons (Fsp3) is 0.875. The van der Waals surface area contributed by atoms with Gasteiger partial charge in [0.15, 0.2) is 0 Å². The van der Waals surface area contributed by atoms with Crippen LogP contribution in [0.5, 0.6) is 0 Å². The van der Waals surface area contributed by atoms with Crippen LogP contribution in [0, 0.1) is 11.8 Å². The highest BCUT2D eigenvalue weighted by Gasteiger charge is 2.38. The molecule has 2 aliphatic rings. The summed E-state index contributed by atoms with van der Waals surface area (Å²) in [6, 6.07) is 0. The molecule has 3 nitrogen and oxygen atoms in total. The van der Waals surface area contributed by atoms with Crippen LogP contribution in [0.1, 0.15) is 19.3 Å². The van der Waals surface area contributed by atoms with Gasteiger partial charge < -0.3 is 9.84 Å². The van der Waals surface area contributed by atoms with Crippen molar-refractivity contribution < 1.29 is 14.6 Å². The summed E-state index contributed by atoms with van der Waals surface area (Å²) in [5, 5.41) is 9.28. The summed E-state index contributed by atoms with van der Waals surface area (Å²) in [5.74, 6) is 0.731. The van der Waals surface area contributed by atoms with Crippen molar-refractivity contribution in [3.05, 3.63) is 0 Å². The van der Waals surface area contributed by atoms with E-state index >= 15 is 0 Å². The smallest absolute Gasteiger partial charge is 0.306 e. The average molecular weight is 156 g/mol. The maximum atomic E-state index is 10.8. The summed E-state index contributed by atoms with van der Waals surface area (Å²) in [7, 11) is 0. The number of aliphatic hydroxyl groups excluding tert-OH is 1. The quantitative estimate of drug-likeness (QED) is 0.514. The van der Waals surface area contributed by atoms with Gasteiger partial charge in [-0.2, -0.15) is 0 Å². The van der Waals surface area contributed by atoms with E-state index in [-0.39, 0.29) is 12.1 Å². The molecule has 0 bridgehead atoms. The van der Waals surface area contributed by atoms with E-state index in [0.29, 0.717) is 24.9 Å². The molecule has 1 aliphatic carbocycles. The number of ether oxygens (including phenoxy) is 1. The van der Waals surface area contributed by atoms with Crippen molar-refractivity contribution in [1.29, 1.82) is 0 Å². The molecule has 2 rings (SSSR count). The number of esters is 1. The molecular weight excluding hydrogens is 144 g/mol. The third-order valence-corrected chi connectivity index (χ3v) is 2.70. The first-order valence-corrected chi connectivity index (χ1v) is 4.09. The van der Waals surface area contributed by atoms with Crippen molar-refractivity contribution in [2.24, 2.45) is 11.8 Å². The summed E-state index contributed by atoms with van der Waals surface area (Å²) in [6.07, 6.45) is 1.93. The lowest BCUT2D eigenvalue weighted by molar-refractivity contribution is -0.151. The summed E-state index contributed by atoms with van der Waals surface area (Å²) in [4.78, 5) is 10.8. The van der Waals surface area contributed by atoms with Crippen LogP contribution in [0.2, 0.25) is 0 Å². The van der Waals surface area contributed by atoms with Crippen molar-refractivity contribution in [3.8, 4) is 0 Å². The van der Waals surface area contributed by atoms with Crippen LogP contribution in [0.3, 0.4) is 0 Å². The van der Waals surface area contributed by atoms with E-state index in [1.54, 1.807) is 0 Å². The topological polar surface area (TPSA) is 46.5 Å².